The van der Waals surface area contributed by atoms with E-state index in [1.807, 2.05) is 0 Å². The molecule has 0 aromatic carbocycles. The van der Waals surface area contributed by atoms with Gasteiger partial charge in [0.15, 0.2) is 0 Å². The van der Waals surface area contributed by atoms with Crippen molar-refractivity contribution in [2.75, 3.05) is 13.1 Å². The maximum atomic E-state index is 12.1. The van der Waals surface area contributed by atoms with E-state index in [-0.39, 0.29) is 37.6 Å². The van der Waals surface area contributed by atoms with Gasteiger partial charge in [0.25, 0.3) is 0 Å². The van der Waals surface area contributed by atoms with Crippen molar-refractivity contribution in [2.45, 2.75) is 17.7 Å². The molecule has 0 bridgehead atoms. The number of aryl methyl sites for hydroxylation is 1. The van der Waals surface area contributed by atoms with Crippen LogP contribution in [-0.4, -0.2) is 35.6 Å². The van der Waals surface area contributed by atoms with Crippen molar-refractivity contribution in [1.29, 1.82) is 0 Å². The molecule has 0 spiro atoms. The van der Waals surface area contributed by atoms with Crippen LogP contribution >= 0.6 is 0 Å². The molecule has 2 rings (SSSR count). The third kappa shape index (κ3) is 2.91. The van der Waals surface area contributed by atoms with E-state index in [0.29, 0.717) is 13.1 Å². The largest absolute Gasteiger partial charge is 0.326 e. The first-order valence-electron chi connectivity index (χ1n) is 4.91. The Morgan fingerprint density at radius 3 is 2.50 bits per heavy atom. The van der Waals surface area contributed by atoms with Crippen molar-refractivity contribution in [3.8, 4) is 0 Å². The van der Waals surface area contributed by atoms with Crippen LogP contribution in [0.4, 0.5) is 0 Å². The molecule has 0 N–H and O–H groups in total. The third-order valence-electron chi connectivity index (χ3n) is 2.48. The second-order valence-electron chi connectivity index (χ2n) is 3.62. The molecule has 7 heteroatoms. The minimum absolute atomic E-state index is 0. The molecule has 16 heavy (non-hydrogen) atoms. The van der Waals surface area contributed by atoms with Gasteiger partial charge in [0, 0.05) is 46.0 Å². The molecular formula is C9H14N3O2SY-. The van der Waals surface area contributed by atoms with Gasteiger partial charge in [-0.15, -0.1) is 0 Å². The van der Waals surface area contributed by atoms with Crippen LogP contribution in [0, 0.1) is 6.42 Å². The Morgan fingerprint density at radius 1 is 1.38 bits per heavy atom. The fraction of sp³-hybridized carbons (Fsp3) is 0.556. The number of hydrogen-bond donors (Lipinski definition) is 0. The molecule has 87 valence electrons. The Balaban J connectivity index is 0.00000128. The second-order valence-corrected chi connectivity index (χ2v) is 5.56. The summed E-state index contributed by atoms with van der Waals surface area (Å²) in [7, 11) is -1.60. The fourth-order valence-electron chi connectivity index (χ4n) is 1.65. The van der Waals surface area contributed by atoms with Crippen molar-refractivity contribution in [3.05, 3.63) is 18.8 Å². The maximum Gasteiger partial charge on any atom is 0.246 e. The van der Waals surface area contributed by atoms with Crippen molar-refractivity contribution in [2.24, 2.45) is 7.05 Å². The van der Waals surface area contributed by atoms with E-state index < -0.39 is 10.0 Å². The molecule has 0 aliphatic carbocycles. The van der Waals surface area contributed by atoms with Crippen LogP contribution in [0.1, 0.15) is 12.8 Å². The van der Waals surface area contributed by atoms with Crippen LogP contribution in [0.15, 0.2) is 17.3 Å². The third-order valence-corrected chi connectivity index (χ3v) is 4.34. The minimum atomic E-state index is -3.31. The van der Waals surface area contributed by atoms with Gasteiger partial charge in [0.1, 0.15) is 4.90 Å². The van der Waals surface area contributed by atoms with Gasteiger partial charge in [-0.2, -0.15) is 17.9 Å². The molecule has 1 aromatic rings. The van der Waals surface area contributed by atoms with Crippen LogP contribution in [0.5, 0.6) is 0 Å². The van der Waals surface area contributed by atoms with Crippen molar-refractivity contribution >= 4 is 10.0 Å². The standard InChI is InChI=1S/C9H14N3O2S.Y/c1-11-8-9(7-10-11)15(13,14)12-5-3-2-4-6-12;/h2,7-8H,3-6H2,1H3;/q-1;. The number of rotatable bonds is 2. The Bertz CT molecular complexity index is 437. The van der Waals surface area contributed by atoms with E-state index >= 15 is 0 Å². The maximum absolute atomic E-state index is 12.1. The van der Waals surface area contributed by atoms with Crippen LogP contribution in [0.25, 0.3) is 0 Å². The predicted molar refractivity (Wildman–Crippen MR) is 55.5 cm³/mol. The number of aromatic nitrogens is 2. The molecular weight excluding hydrogens is 303 g/mol. The Morgan fingerprint density at radius 2 is 2.00 bits per heavy atom. The summed E-state index contributed by atoms with van der Waals surface area (Å²) in [6.45, 7) is 1.16. The smallest absolute Gasteiger partial charge is 0.246 e. The van der Waals surface area contributed by atoms with Gasteiger partial charge in [-0.05, 0) is 13.1 Å². The summed E-state index contributed by atoms with van der Waals surface area (Å²) in [6, 6.07) is 0. The molecule has 1 fully saturated rings. The van der Waals surface area contributed by atoms with Crippen LogP contribution in [-0.2, 0) is 49.8 Å². The summed E-state index contributed by atoms with van der Waals surface area (Å²) < 4.78 is 27.1. The molecule has 2 heterocycles. The van der Waals surface area contributed by atoms with Crippen molar-refractivity contribution in [3.63, 3.8) is 0 Å². The van der Waals surface area contributed by atoms with Gasteiger partial charge in [0.2, 0.25) is 10.0 Å². The van der Waals surface area contributed by atoms with Crippen LogP contribution in [0.3, 0.4) is 0 Å². The average molecular weight is 317 g/mol. The zero-order valence-corrected chi connectivity index (χ0v) is 12.9. The minimum Gasteiger partial charge on any atom is -0.326 e. The predicted octanol–water partition coefficient (Wildman–Crippen LogP) is 0.406. The zero-order valence-electron chi connectivity index (χ0n) is 9.20. The summed E-state index contributed by atoms with van der Waals surface area (Å²) in [5.74, 6) is 0. The van der Waals surface area contributed by atoms with Crippen molar-refractivity contribution < 1.29 is 41.1 Å². The molecule has 0 saturated carbocycles. The zero-order chi connectivity index (χ0) is 10.9. The van der Waals surface area contributed by atoms with Gasteiger partial charge in [-0.1, -0.05) is 0 Å². The first kappa shape index (κ1) is 14.3. The van der Waals surface area contributed by atoms with Gasteiger partial charge >= 0.3 is 0 Å². The van der Waals surface area contributed by atoms with E-state index in [0.717, 1.165) is 12.8 Å². The monoisotopic (exact) mass is 317 g/mol. The summed E-state index contributed by atoms with van der Waals surface area (Å²) in [5, 5.41) is 3.88. The molecule has 0 unspecified atom stereocenters. The van der Waals surface area contributed by atoms with Gasteiger partial charge < -0.3 is 6.42 Å². The molecule has 1 aliphatic heterocycles. The summed E-state index contributed by atoms with van der Waals surface area (Å²) in [6.07, 6.45) is 6.72. The Hall–Kier alpha value is 0.224. The molecule has 1 aliphatic rings. The van der Waals surface area contributed by atoms with Crippen molar-refractivity contribution in [1.82, 2.24) is 14.1 Å². The Labute approximate surface area is 121 Å². The van der Waals surface area contributed by atoms with Gasteiger partial charge in [0.05, 0.1) is 6.20 Å². The first-order valence-corrected chi connectivity index (χ1v) is 6.35. The summed E-state index contributed by atoms with van der Waals surface area (Å²) >= 11 is 0. The fourth-order valence-corrected chi connectivity index (χ4v) is 3.10. The van der Waals surface area contributed by atoms with E-state index in [4.69, 9.17) is 0 Å². The molecule has 1 saturated heterocycles. The molecule has 0 atom stereocenters. The van der Waals surface area contributed by atoms with Crippen LogP contribution < -0.4 is 0 Å². The van der Waals surface area contributed by atoms with Crippen LogP contribution in [0.2, 0.25) is 0 Å². The number of sulfonamides is 1. The normalized spacial score (nSPS) is 18.1. The van der Waals surface area contributed by atoms with E-state index in [1.54, 1.807) is 7.05 Å². The van der Waals surface area contributed by atoms with E-state index in [1.165, 1.54) is 21.4 Å². The van der Waals surface area contributed by atoms with E-state index in [2.05, 4.69) is 11.5 Å². The SMILES string of the molecule is Cn1cc(S(=O)(=O)N2CC[CH-]CC2)cn1.[Y]. The molecule has 1 aromatic heterocycles. The number of hydrogen-bond acceptors (Lipinski definition) is 3. The second kappa shape index (κ2) is 5.71. The average Bonchev–Trinajstić information content (AvgIpc) is 2.67. The topological polar surface area (TPSA) is 55.2 Å². The molecule has 1 radical (unpaired) electrons. The summed E-state index contributed by atoms with van der Waals surface area (Å²) in [5.41, 5.74) is 0. The van der Waals surface area contributed by atoms with Gasteiger partial charge in [-0.3, -0.25) is 4.68 Å². The summed E-state index contributed by atoms with van der Waals surface area (Å²) in [4.78, 5) is 0.284. The van der Waals surface area contributed by atoms with Gasteiger partial charge in [-0.25, -0.2) is 12.7 Å². The molecule has 0 amide bonds. The Kier molecular flexibility index (Phi) is 5.10. The number of nitrogens with zero attached hydrogens (tertiary/aromatic N) is 3. The first-order chi connectivity index (χ1) is 7.10. The quantitative estimate of drug-likeness (QED) is 0.742. The number of piperidine rings is 1. The van der Waals surface area contributed by atoms with E-state index in [9.17, 15) is 8.42 Å². The molecule has 5 nitrogen and oxygen atoms in total.